The summed E-state index contributed by atoms with van der Waals surface area (Å²) in [5.74, 6) is -1.14. The number of amides is 1. The van der Waals surface area contributed by atoms with E-state index in [1.807, 2.05) is 6.07 Å². The molecule has 0 spiro atoms. The first-order valence-electron chi connectivity index (χ1n) is 7.72. The second-order valence-corrected chi connectivity index (χ2v) is 5.92. The molecule has 120 valence electrons. The van der Waals surface area contributed by atoms with Crippen molar-refractivity contribution in [3.05, 3.63) is 23.8 Å². The molecule has 1 amide bonds. The van der Waals surface area contributed by atoms with E-state index in [9.17, 15) is 14.4 Å². The molecule has 1 N–H and O–H groups in total. The Kier molecular flexibility index (Phi) is 3.21. The summed E-state index contributed by atoms with van der Waals surface area (Å²) >= 11 is 0. The third-order valence-electron chi connectivity index (χ3n) is 4.49. The molecule has 0 saturated carbocycles. The summed E-state index contributed by atoms with van der Waals surface area (Å²) < 4.78 is 9.95. The fraction of sp³-hybridized carbons (Fsp3) is 0.438. The highest BCUT2D eigenvalue weighted by Crippen LogP contribution is 2.37. The van der Waals surface area contributed by atoms with Crippen molar-refractivity contribution in [3.8, 4) is 0 Å². The van der Waals surface area contributed by atoms with Crippen LogP contribution in [0.4, 0.5) is 11.4 Å². The average molecular weight is 316 g/mol. The number of rotatable bonds is 2. The van der Waals surface area contributed by atoms with E-state index < -0.39 is 18.0 Å². The van der Waals surface area contributed by atoms with E-state index in [1.165, 1.54) is 0 Å². The lowest BCUT2D eigenvalue weighted by Crippen LogP contribution is -2.43. The number of esters is 2. The lowest BCUT2D eigenvalue weighted by Gasteiger charge is -2.33. The zero-order valence-electron chi connectivity index (χ0n) is 12.4. The zero-order chi connectivity index (χ0) is 16.0. The average Bonchev–Trinajstić information content (AvgIpc) is 3.17. The molecule has 0 unspecified atom stereocenters. The summed E-state index contributed by atoms with van der Waals surface area (Å²) in [7, 11) is 0. The number of anilines is 2. The van der Waals surface area contributed by atoms with Crippen molar-refractivity contribution < 1.29 is 23.9 Å². The standard InChI is InChI=1S/C16H16N2O5/c19-14-12-2-1-6-18(12)11-4-3-9(8-10(11)17-14)15(20)23-13-5-7-22-16(13)21/h3-4,8,12-13H,1-2,5-7H2,(H,17,19)/t12-,13+/m0/s1. The number of cyclic esters (lactones) is 1. The zero-order valence-corrected chi connectivity index (χ0v) is 12.4. The van der Waals surface area contributed by atoms with Gasteiger partial charge in [-0.1, -0.05) is 0 Å². The van der Waals surface area contributed by atoms with Crippen LogP contribution in [-0.4, -0.2) is 43.1 Å². The Morgan fingerprint density at radius 3 is 2.96 bits per heavy atom. The number of ether oxygens (including phenoxy) is 2. The second kappa shape index (κ2) is 5.26. The van der Waals surface area contributed by atoms with Crippen LogP contribution in [-0.2, 0) is 19.1 Å². The van der Waals surface area contributed by atoms with Gasteiger partial charge in [-0.3, -0.25) is 4.79 Å². The second-order valence-electron chi connectivity index (χ2n) is 5.92. The van der Waals surface area contributed by atoms with Gasteiger partial charge >= 0.3 is 11.9 Å². The monoisotopic (exact) mass is 316 g/mol. The Hall–Kier alpha value is -2.57. The van der Waals surface area contributed by atoms with Crippen molar-refractivity contribution >= 4 is 29.2 Å². The number of hydrogen-bond acceptors (Lipinski definition) is 6. The summed E-state index contributed by atoms with van der Waals surface area (Å²) in [6.45, 7) is 1.11. The molecule has 1 aromatic carbocycles. The van der Waals surface area contributed by atoms with Crippen molar-refractivity contribution in [2.75, 3.05) is 23.4 Å². The Morgan fingerprint density at radius 1 is 1.30 bits per heavy atom. The molecule has 23 heavy (non-hydrogen) atoms. The minimum Gasteiger partial charge on any atom is -0.463 e. The summed E-state index contributed by atoms with van der Waals surface area (Å²) in [5.41, 5.74) is 1.84. The molecule has 2 saturated heterocycles. The van der Waals surface area contributed by atoms with Crippen LogP contribution in [0.15, 0.2) is 18.2 Å². The maximum absolute atomic E-state index is 12.2. The van der Waals surface area contributed by atoms with Crippen LogP contribution in [0.3, 0.4) is 0 Å². The molecular formula is C16H16N2O5. The molecular weight excluding hydrogens is 300 g/mol. The van der Waals surface area contributed by atoms with Gasteiger partial charge in [-0.2, -0.15) is 0 Å². The van der Waals surface area contributed by atoms with Crippen LogP contribution in [0.2, 0.25) is 0 Å². The summed E-state index contributed by atoms with van der Waals surface area (Å²) in [4.78, 5) is 37.7. The van der Waals surface area contributed by atoms with Gasteiger partial charge in [-0.25, -0.2) is 9.59 Å². The maximum Gasteiger partial charge on any atom is 0.347 e. The van der Waals surface area contributed by atoms with Gasteiger partial charge in [-0.05, 0) is 31.0 Å². The smallest absolute Gasteiger partial charge is 0.347 e. The lowest BCUT2D eigenvalue weighted by molar-refractivity contribution is -0.145. The predicted octanol–water partition coefficient (Wildman–Crippen LogP) is 1.08. The molecule has 3 aliphatic rings. The molecule has 0 bridgehead atoms. The molecule has 0 radical (unpaired) electrons. The van der Waals surface area contributed by atoms with E-state index in [-0.39, 0.29) is 18.6 Å². The quantitative estimate of drug-likeness (QED) is 0.822. The first-order valence-corrected chi connectivity index (χ1v) is 7.72. The predicted molar refractivity (Wildman–Crippen MR) is 80.2 cm³/mol. The molecule has 1 aromatic rings. The van der Waals surface area contributed by atoms with Crippen LogP contribution in [0.5, 0.6) is 0 Å². The van der Waals surface area contributed by atoms with Crippen molar-refractivity contribution in [1.82, 2.24) is 0 Å². The first-order chi connectivity index (χ1) is 11.1. The van der Waals surface area contributed by atoms with Gasteiger partial charge in [0.2, 0.25) is 12.0 Å². The van der Waals surface area contributed by atoms with Crippen LogP contribution >= 0.6 is 0 Å². The van der Waals surface area contributed by atoms with Gasteiger partial charge in [0.05, 0.1) is 23.5 Å². The van der Waals surface area contributed by atoms with Crippen molar-refractivity contribution in [1.29, 1.82) is 0 Å². The number of carbonyl (C=O) groups excluding carboxylic acids is 3. The summed E-state index contributed by atoms with van der Waals surface area (Å²) in [5, 5.41) is 2.85. The molecule has 2 atom stereocenters. The van der Waals surface area contributed by atoms with E-state index in [0.717, 1.165) is 25.1 Å². The van der Waals surface area contributed by atoms with Crippen molar-refractivity contribution in [2.45, 2.75) is 31.4 Å². The lowest BCUT2D eigenvalue weighted by atomic mass is 10.1. The van der Waals surface area contributed by atoms with E-state index in [0.29, 0.717) is 17.7 Å². The van der Waals surface area contributed by atoms with E-state index in [4.69, 9.17) is 9.47 Å². The molecule has 0 aliphatic carbocycles. The Balaban J connectivity index is 1.57. The molecule has 3 aliphatic heterocycles. The highest BCUT2D eigenvalue weighted by molar-refractivity contribution is 6.05. The first kappa shape index (κ1) is 14.0. The Morgan fingerprint density at radius 2 is 2.17 bits per heavy atom. The number of nitrogens with one attached hydrogen (secondary N) is 1. The minimum atomic E-state index is -0.837. The molecule has 4 rings (SSSR count). The summed E-state index contributed by atoms with van der Waals surface area (Å²) in [6.07, 6.45) is 1.36. The SMILES string of the molecule is O=C(O[C@@H]1CCOC1=O)c1ccc2c(c1)NC(=O)[C@@H]1CCCN21. The highest BCUT2D eigenvalue weighted by Gasteiger charge is 2.37. The van der Waals surface area contributed by atoms with Crippen molar-refractivity contribution in [3.63, 3.8) is 0 Å². The van der Waals surface area contributed by atoms with Gasteiger partial charge in [0.15, 0.2) is 0 Å². The van der Waals surface area contributed by atoms with Crippen LogP contribution in [0, 0.1) is 0 Å². The van der Waals surface area contributed by atoms with Crippen LogP contribution < -0.4 is 10.2 Å². The minimum absolute atomic E-state index is 0.0418. The number of carbonyl (C=O) groups is 3. The highest BCUT2D eigenvalue weighted by atomic mass is 16.6. The summed E-state index contributed by atoms with van der Waals surface area (Å²) in [6, 6.07) is 4.96. The number of nitrogens with zero attached hydrogens (tertiary/aromatic N) is 1. The van der Waals surface area contributed by atoms with E-state index in [1.54, 1.807) is 12.1 Å². The third kappa shape index (κ3) is 2.32. The third-order valence-corrected chi connectivity index (χ3v) is 4.49. The molecule has 2 fully saturated rings. The molecule has 3 heterocycles. The van der Waals surface area contributed by atoms with E-state index in [2.05, 4.69) is 10.2 Å². The molecule has 7 heteroatoms. The van der Waals surface area contributed by atoms with Crippen LogP contribution in [0.1, 0.15) is 29.6 Å². The van der Waals surface area contributed by atoms with Gasteiger partial charge in [0, 0.05) is 13.0 Å². The number of benzene rings is 1. The van der Waals surface area contributed by atoms with Gasteiger partial charge in [0.25, 0.3) is 0 Å². The topological polar surface area (TPSA) is 84.9 Å². The van der Waals surface area contributed by atoms with Crippen molar-refractivity contribution in [2.24, 2.45) is 0 Å². The fourth-order valence-electron chi connectivity index (χ4n) is 3.34. The fourth-order valence-corrected chi connectivity index (χ4v) is 3.34. The number of hydrogen-bond donors (Lipinski definition) is 1. The Bertz CT molecular complexity index is 702. The molecule has 7 nitrogen and oxygen atoms in total. The largest absolute Gasteiger partial charge is 0.463 e. The van der Waals surface area contributed by atoms with Crippen LogP contribution in [0.25, 0.3) is 0 Å². The van der Waals surface area contributed by atoms with Gasteiger partial charge in [0.1, 0.15) is 6.04 Å². The maximum atomic E-state index is 12.2. The number of fused-ring (bicyclic) bond motifs is 3. The van der Waals surface area contributed by atoms with Gasteiger partial charge in [-0.15, -0.1) is 0 Å². The molecule has 0 aromatic heterocycles. The van der Waals surface area contributed by atoms with Gasteiger partial charge < -0.3 is 19.7 Å². The Labute approximate surface area is 132 Å². The van der Waals surface area contributed by atoms with E-state index >= 15 is 0 Å². The normalized spacial score (nSPS) is 25.5.